The SMILES string of the molecule is NC1=N[C@H]2[C@H](CN3C(=O)CCC3=O)NC(N)=[N+]3CC(NC(=O)c4ccc(O)c(C(F)(F)F)c4)C(O)(O)[C@]23N1. The number of carbonyl (C=O) groups is 3. The number of hydrogen-bond donors (Lipinski definition) is 8. The maximum Gasteiger partial charge on any atom is 0.419 e. The van der Waals surface area contributed by atoms with Crippen LogP contribution in [-0.2, 0) is 15.8 Å². The zero-order valence-corrected chi connectivity index (χ0v) is 19.5. The lowest BCUT2D eigenvalue weighted by Crippen LogP contribution is -2.79. The van der Waals surface area contributed by atoms with Gasteiger partial charge in [0.15, 0.2) is 5.96 Å². The summed E-state index contributed by atoms with van der Waals surface area (Å²) >= 11 is 0. The Balaban J connectivity index is 1.46. The van der Waals surface area contributed by atoms with Gasteiger partial charge in [0, 0.05) is 18.4 Å². The van der Waals surface area contributed by atoms with Crippen molar-refractivity contribution in [2.45, 2.75) is 48.6 Å². The molecule has 1 aromatic rings. The molecule has 0 aromatic heterocycles. The van der Waals surface area contributed by atoms with Crippen molar-refractivity contribution in [1.29, 1.82) is 0 Å². The highest BCUT2D eigenvalue weighted by atomic mass is 19.4. The summed E-state index contributed by atoms with van der Waals surface area (Å²) in [6, 6.07) is -1.52. The number of amides is 3. The van der Waals surface area contributed by atoms with E-state index in [1.807, 2.05) is 0 Å². The van der Waals surface area contributed by atoms with Crippen molar-refractivity contribution < 1.29 is 47.4 Å². The smallest absolute Gasteiger partial charge is 0.419 e. The van der Waals surface area contributed by atoms with Crippen molar-refractivity contribution in [1.82, 2.24) is 20.9 Å². The van der Waals surface area contributed by atoms with Gasteiger partial charge in [0.2, 0.25) is 23.3 Å². The molecule has 0 radical (unpaired) electrons. The van der Waals surface area contributed by atoms with Gasteiger partial charge in [-0.3, -0.25) is 30.3 Å². The van der Waals surface area contributed by atoms with E-state index in [1.54, 1.807) is 0 Å². The molecule has 2 saturated heterocycles. The summed E-state index contributed by atoms with van der Waals surface area (Å²) in [6.45, 7) is -0.555. The van der Waals surface area contributed by atoms with Crippen LogP contribution in [0.5, 0.6) is 5.75 Å². The summed E-state index contributed by atoms with van der Waals surface area (Å²) in [5.41, 5.74) is 8.17. The standard InChI is InChI=1S/C21H23F3N8O6/c22-21(23,24)9-5-8(1-2-11(9)33)16(36)28-12-7-32-18(26)27-10(6-31-13(34)3-4-14(31)35)15-19(32,20(12,37)38)30-17(25)29-15/h1-2,5,10,12,15,37-38H,3-4,6-7H2,(H7,25,26,27,28,29,30,33,36)/p+1/t10-,12?,15-,19-/m0/s1. The van der Waals surface area contributed by atoms with Crippen LogP contribution in [0.3, 0.4) is 0 Å². The number of aromatic hydroxyl groups is 1. The number of nitrogens with zero attached hydrogens (tertiary/aromatic N) is 3. The van der Waals surface area contributed by atoms with Crippen LogP contribution in [0, 0.1) is 0 Å². The highest BCUT2D eigenvalue weighted by molar-refractivity contribution is 6.02. The molecule has 3 amide bonds. The van der Waals surface area contributed by atoms with Crippen LogP contribution in [0.15, 0.2) is 23.2 Å². The number of halogens is 3. The molecule has 1 aromatic carbocycles. The molecule has 2 fully saturated rings. The number of phenols is 1. The van der Waals surface area contributed by atoms with E-state index in [0.717, 1.165) is 11.0 Å². The molecule has 0 aliphatic carbocycles. The molecule has 14 nitrogen and oxygen atoms in total. The second-order valence-corrected chi connectivity index (χ2v) is 9.48. The molecule has 4 heterocycles. The number of likely N-dealkylation sites (tertiary alicyclic amines) is 1. The number of phenolic OH excluding ortho intramolecular Hbond substituents is 1. The summed E-state index contributed by atoms with van der Waals surface area (Å²) < 4.78 is 40.9. The molecule has 5 rings (SSSR count). The maximum atomic E-state index is 13.2. The quantitative estimate of drug-likeness (QED) is 0.107. The van der Waals surface area contributed by atoms with Crippen LogP contribution in [0.2, 0.25) is 0 Å². The molecule has 4 atom stereocenters. The predicted molar refractivity (Wildman–Crippen MR) is 120 cm³/mol. The zero-order chi connectivity index (χ0) is 27.8. The van der Waals surface area contributed by atoms with Crippen molar-refractivity contribution in [2.75, 3.05) is 13.1 Å². The van der Waals surface area contributed by atoms with E-state index >= 15 is 0 Å². The van der Waals surface area contributed by atoms with Gasteiger partial charge >= 0.3 is 12.1 Å². The molecule has 10 N–H and O–H groups in total. The molecular formula is C21H24F3N8O6+. The number of nitrogens with one attached hydrogen (secondary N) is 3. The number of guanidine groups is 2. The lowest BCUT2D eigenvalue weighted by atomic mass is 9.85. The first-order valence-corrected chi connectivity index (χ1v) is 11.4. The molecule has 4 aliphatic heterocycles. The molecule has 0 saturated carbocycles. The number of carbonyl (C=O) groups excluding carboxylic acids is 3. The Hall–Kier alpha value is -4.12. The molecule has 1 unspecified atom stereocenters. The van der Waals surface area contributed by atoms with Gasteiger partial charge in [0.1, 0.15) is 23.9 Å². The molecule has 0 bridgehead atoms. The van der Waals surface area contributed by atoms with Crippen molar-refractivity contribution in [3.05, 3.63) is 29.3 Å². The van der Waals surface area contributed by atoms with Gasteiger partial charge in [-0.15, -0.1) is 0 Å². The Morgan fingerprint density at radius 2 is 1.89 bits per heavy atom. The first-order valence-electron chi connectivity index (χ1n) is 11.4. The van der Waals surface area contributed by atoms with Gasteiger partial charge in [0.25, 0.3) is 5.91 Å². The van der Waals surface area contributed by atoms with Gasteiger partial charge in [-0.05, 0) is 18.2 Å². The fraction of sp³-hybridized carbons (Fsp3) is 0.476. The van der Waals surface area contributed by atoms with Crippen LogP contribution in [0.25, 0.3) is 0 Å². The Kier molecular flexibility index (Phi) is 5.50. The average molecular weight is 541 g/mol. The number of imide groups is 1. The van der Waals surface area contributed by atoms with E-state index < -0.39 is 70.3 Å². The lowest BCUT2D eigenvalue weighted by Gasteiger charge is -2.44. The van der Waals surface area contributed by atoms with Crippen LogP contribution in [-0.4, -0.2) is 97.1 Å². The molecule has 1 spiro atoms. The monoisotopic (exact) mass is 541 g/mol. The Labute approximate surface area is 211 Å². The number of hydrogen-bond acceptors (Lipinski definition) is 11. The number of alkyl halides is 3. The topological polar surface area (TPSA) is 219 Å². The van der Waals surface area contributed by atoms with Crippen molar-refractivity contribution in [2.24, 2.45) is 16.5 Å². The normalized spacial score (nSPS) is 30.0. The van der Waals surface area contributed by atoms with E-state index in [-0.39, 0.29) is 37.9 Å². The maximum absolute atomic E-state index is 13.2. The van der Waals surface area contributed by atoms with Crippen molar-refractivity contribution in [3.63, 3.8) is 0 Å². The van der Waals surface area contributed by atoms with Gasteiger partial charge in [-0.25, -0.2) is 9.57 Å². The fourth-order valence-electron chi connectivity index (χ4n) is 5.48. The Morgan fingerprint density at radius 1 is 1.24 bits per heavy atom. The number of aliphatic imine (C=N–C) groups is 1. The molecular weight excluding hydrogens is 517 g/mol. The zero-order valence-electron chi connectivity index (χ0n) is 19.5. The van der Waals surface area contributed by atoms with E-state index in [2.05, 4.69) is 20.9 Å². The molecule has 204 valence electrons. The predicted octanol–water partition coefficient (Wildman–Crippen LogP) is -3.37. The van der Waals surface area contributed by atoms with Crippen LogP contribution in [0.1, 0.15) is 28.8 Å². The fourth-order valence-corrected chi connectivity index (χ4v) is 5.48. The highest BCUT2D eigenvalue weighted by Crippen LogP contribution is 2.42. The van der Waals surface area contributed by atoms with Crippen LogP contribution in [0.4, 0.5) is 13.2 Å². The summed E-state index contributed by atoms with van der Waals surface area (Å²) in [5.74, 6) is -6.21. The highest BCUT2D eigenvalue weighted by Gasteiger charge is 2.75. The Morgan fingerprint density at radius 3 is 2.53 bits per heavy atom. The lowest BCUT2D eigenvalue weighted by molar-refractivity contribution is -0.623. The molecule has 38 heavy (non-hydrogen) atoms. The second-order valence-electron chi connectivity index (χ2n) is 9.48. The number of nitrogens with two attached hydrogens (primary N) is 2. The first-order chi connectivity index (χ1) is 17.7. The molecule has 17 heteroatoms. The second kappa shape index (κ2) is 8.19. The summed E-state index contributed by atoms with van der Waals surface area (Å²) in [4.78, 5) is 42.5. The van der Waals surface area contributed by atoms with Gasteiger partial charge in [0.05, 0.1) is 18.7 Å². The van der Waals surface area contributed by atoms with Crippen LogP contribution < -0.4 is 27.4 Å². The van der Waals surface area contributed by atoms with E-state index in [0.29, 0.717) is 12.1 Å². The van der Waals surface area contributed by atoms with Crippen LogP contribution >= 0.6 is 0 Å². The summed E-state index contributed by atoms with van der Waals surface area (Å²) in [6.07, 6.45) is -4.88. The minimum atomic E-state index is -4.94. The largest absolute Gasteiger partial charge is 0.507 e. The third-order valence-corrected chi connectivity index (χ3v) is 7.27. The number of aliphatic hydroxyl groups is 2. The minimum absolute atomic E-state index is 0.0295. The van der Waals surface area contributed by atoms with E-state index in [1.165, 1.54) is 4.58 Å². The minimum Gasteiger partial charge on any atom is -0.507 e. The number of benzene rings is 1. The number of rotatable bonds is 4. The van der Waals surface area contributed by atoms with Crippen molar-refractivity contribution >= 4 is 29.6 Å². The summed E-state index contributed by atoms with van der Waals surface area (Å²) in [5, 5.41) is 40.2. The third-order valence-electron chi connectivity index (χ3n) is 7.27. The third kappa shape index (κ3) is 3.60. The van der Waals surface area contributed by atoms with Crippen molar-refractivity contribution in [3.8, 4) is 5.75 Å². The van der Waals surface area contributed by atoms with Gasteiger partial charge in [-0.2, -0.15) is 13.2 Å². The average Bonchev–Trinajstić information content (AvgIpc) is 3.41. The first kappa shape index (κ1) is 25.5. The van der Waals surface area contributed by atoms with Gasteiger partial charge in [-0.1, -0.05) is 0 Å². The summed E-state index contributed by atoms with van der Waals surface area (Å²) in [7, 11) is 0. The Bertz CT molecular complexity index is 1300. The van der Waals surface area contributed by atoms with E-state index in [4.69, 9.17) is 11.5 Å². The molecule has 4 aliphatic rings. The van der Waals surface area contributed by atoms with Gasteiger partial charge < -0.3 is 31.7 Å². The van der Waals surface area contributed by atoms with E-state index in [9.17, 15) is 42.9 Å².